The summed E-state index contributed by atoms with van der Waals surface area (Å²) >= 11 is 12.3. The van der Waals surface area contributed by atoms with Crippen LogP contribution in [0, 0.1) is 0 Å². The lowest BCUT2D eigenvalue weighted by molar-refractivity contribution is -0.670. The highest BCUT2D eigenvalue weighted by Crippen LogP contribution is 2.21. The number of fused-ring (bicyclic) bond motifs is 1. The van der Waals surface area contributed by atoms with E-state index in [0.717, 1.165) is 30.5 Å². The maximum Gasteiger partial charge on any atom is 0.255 e. The number of rotatable bonds is 4. The molecule has 0 unspecified atom stereocenters. The topological polar surface area (TPSA) is 19.7 Å². The van der Waals surface area contributed by atoms with Crippen molar-refractivity contribution in [2.75, 3.05) is 0 Å². The quantitative estimate of drug-likeness (QED) is 0.669. The Bertz CT molecular complexity index is 778. The Kier molecular flexibility index (Phi) is 4.18. The fourth-order valence-electron chi connectivity index (χ4n) is 2.62. The molecule has 3 rings (SSSR count). The highest BCUT2D eigenvalue weighted by Gasteiger charge is 2.18. The molecule has 0 atom stereocenters. The van der Waals surface area contributed by atoms with Crippen molar-refractivity contribution in [3.05, 3.63) is 63.9 Å². The smallest absolute Gasteiger partial charge is 0.241 e. The standard InChI is InChI=1S/C17H16Cl2N2/c1-2-5-17-20-15-6-3-4-7-16(15)21(17)11-12-8-9-13(18)10-14(12)19/h3-4,6-10H,2,5,11H2,1H3/p+1. The van der Waals surface area contributed by atoms with Crippen molar-refractivity contribution in [3.8, 4) is 0 Å². The first kappa shape index (κ1) is 14.4. The van der Waals surface area contributed by atoms with Crippen molar-refractivity contribution < 1.29 is 4.57 Å². The molecule has 2 nitrogen and oxygen atoms in total. The second-order valence-electron chi connectivity index (χ2n) is 5.16. The number of aromatic amines is 1. The molecule has 0 aliphatic rings. The first-order valence-electron chi connectivity index (χ1n) is 7.12. The molecule has 1 heterocycles. The van der Waals surface area contributed by atoms with Crippen molar-refractivity contribution in [3.63, 3.8) is 0 Å². The first-order valence-corrected chi connectivity index (χ1v) is 7.88. The van der Waals surface area contributed by atoms with Gasteiger partial charge < -0.3 is 0 Å². The molecule has 0 fully saturated rings. The van der Waals surface area contributed by atoms with E-state index in [1.165, 1.54) is 11.3 Å². The molecular weight excluding hydrogens is 303 g/mol. The Labute approximate surface area is 134 Å². The first-order chi connectivity index (χ1) is 10.2. The molecule has 21 heavy (non-hydrogen) atoms. The van der Waals surface area contributed by atoms with Gasteiger partial charge in [0.2, 0.25) is 0 Å². The average Bonchev–Trinajstić information content (AvgIpc) is 2.80. The minimum absolute atomic E-state index is 0.668. The van der Waals surface area contributed by atoms with Crippen LogP contribution in [0.1, 0.15) is 24.7 Å². The number of halogens is 2. The summed E-state index contributed by atoms with van der Waals surface area (Å²) in [7, 11) is 0. The van der Waals surface area contributed by atoms with Crippen molar-refractivity contribution in [1.82, 2.24) is 4.98 Å². The number of nitrogens with zero attached hydrogens (tertiary/aromatic N) is 1. The highest BCUT2D eigenvalue weighted by molar-refractivity contribution is 6.35. The van der Waals surface area contributed by atoms with Crippen molar-refractivity contribution >= 4 is 34.2 Å². The Morgan fingerprint density at radius 3 is 2.67 bits per heavy atom. The lowest BCUT2D eigenvalue weighted by atomic mass is 10.2. The van der Waals surface area contributed by atoms with Gasteiger partial charge >= 0.3 is 0 Å². The molecule has 0 aliphatic heterocycles. The van der Waals surface area contributed by atoms with Gasteiger partial charge in [0.15, 0.2) is 11.0 Å². The molecule has 3 aromatic rings. The number of nitrogens with one attached hydrogen (secondary N) is 1. The molecule has 0 saturated carbocycles. The van der Waals surface area contributed by atoms with E-state index in [9.17, 15) is 0 Å². The summed E-state index contributed by atoms with van der Waals surface area (Å²) in [5.74, 6) is 1.23. The summed E-state index contributed by atoms with van der Waals surface area (Å²) < 4.78 is 2.30. The second kappa shape index (κ2) is 6.08. The Morgan fingerprint density at radius 1 is 1.10 bits per heavy atom. The highest BCUT2D eigenvalue weighted by atomic mass is 35.5. The predicted molar refractivity (Wildman–Crippen MR) is 88.1 cm³/mol. The summed E-state index contributed by atoms with van der Waals surface area (Å²) in [4.78, 5) is 3.51. The summed E-state index contributed by atoms with van der Waals surface area (Å²) in [5, 5.41) is 1.38. The van der Waals surface area contributed by atoms with Gasteiger partial charge in [-0.05, 0) is 30.7 Å². The van der Waals surface area contributed by atoms with Crippen LogP contribution < -0.4 is 4.57 Å². The molecule has 1 aromatic heterocycles. The largest absolute Gasteiger partial charge is 0.255 e. The third-order valence-electron chi connectivity index (χ3n) is 3.63. The summed E-state index contributed by atoms with van der Waals surface area (Å²) in [6.07, 6.45) is 2.11. The van der Waals surface area contributed by atoms with E-state index < -0.39 is 0 Å². The van der Waals surface area contributed by atoms with Crippen LogP contribution in [-0.4, -0.2) is 4.98 Å². The molecule has 1 N–H and O–H groups in total. The van der Waals surface area contributed by atoms with Gasteiger partial charge in [-0.1, -0.05) is 48.3 Å². The van der Waals surface area contributed by atoms with E-state index in [4.69, 9.17) is 23.2 Å². The number of hydrogen-bond donors (Lipinski definition) is 1. The van der Waals surface area contributed by atoms with Gasteiger partial charge in [-0.2, -0.15) is 0 Å². The monoisotopic (exact) mass is 319 g/mol. The minimum atomic E-state index is 0.668. The van der Waals surface area contributed by atoms with E-state index in [2.05, 4.69) is 34.7 Å². The number of imidazole rings is 1. The predicted octanol–water partition coefficient (Wildman–Crippen LogP) is 4.76. The summed E-state index contributed by atoms with van der Waals surface area (Å²) in [6, 6.07) is 14.0. The van der Waals surface area contributed by atoms with Gasteiger partial charge in [-0.3, -0.25) is 0 Å². The van der Waals surface area contributed by atoms with Crippen LogP contribution in [0.2, 0.25) is 10.0 Å². The van der Waals surface area contributed by atoms with Gasteiger partial charge in [-0.15, -0.1) is 0 Å². The molecule has 0 amide bonds. The van der Waals surface area contributed by atoms with E-state index in [0.29, 0.717) is 10.0 Å². The molecule has 0 spiro atoms. The third-order valence-corrected chi connectivity index (χ3v) is 4.22. The minimum Gasteiger partial charge on any atom is -0.241 e. The number of H-pyrrole nitrogens is 1. The van der Waals surface area contributed by atoms with Gasteiger partial charge in [0.05, 0.1) is 0 Å². The van der Waals surface area contributed by atoms with Crippen molar-refractivity contribution in [1.29, 1.82) is 0 Å². The SMILES string of the molecule is CCCc1[nH]c2ccccc2[n+]1Cc1ccc(Cl)cc1Cl. The van der Waals surface area contributed by atoms with E-state index in [1.807, 2.05) is 18.2 Å². The molecule has 2 aromatic carbocycles. The van der Waals surface area contributed by atoms with Gasteiger partial charge in [-0.25, -0.2) is 9.55 Å². The van der Waals surface area contributed by atoms with Crippen LogP contribution in [0.5, 0.6) is 0 Å². The van der Waals surface area contributed by atoms with E-state index in [-0.39, 0.29) is 0 Å². The van der Waals surface area contributed by atoms with Crippen molar-refractivity contribution in [2.24, 2.45) is 0 Å². The molecule has 0 radical (unpaired) electrons. The molecule has 108 valence electrons. The van der Waals surface area contributed by atoms with Crippen LogP contribution in [0.4, 0.5) is 0 Å². The molecule has 0 saturated heterocycles. The Balaban J connectivity index is 2.07. The van der Waals surface area contributed by atoms with Gasteiger partial charge in [0, 0.05) is 22.0 Å². The lowest BCUT2D eigenvalue weighted by Crippen LogP contribution is -2.37. The zero-order valence-electron chi connectivity index (χ0n) is 11.9. The zero-order chi connectivity index (χ0) is 14.8. The second-order valence-corrected chi connectivity index (χ2v) is 6.00. The molecule has 0 bridgehead atoms. The van der Waals surface area contributed by atoms with Crippen molar-refractivity contribution in [2.45, 2.75) is 26.3 Å². The number of aromatic nitrogens is 2. The normalized spacial score (nSPS) is 11.2. The van der Waals surface area contributed by atoms with Gasteiger partial charge in [0.1, 0.15) is 6.54 Å². The van der Waals surface area contributed by atoms with E-state index >= 15 is 0 Å². The van der Waals surface area contributed by atoms with Crippen LogP contribution >= 0.6 is 23.2 Å². The number of benzene rings is 2. The van der Waals surface area contributed by atoms with E-state index in [1.54, 1.807) is 6.07 Å². The summed E-state index contributed by atoms with van der Waals surface area (Å²) in [5.41, 5.74) is 3.44. The fourth-order valence-corrected chi connectivity index (χ4v) is 3.09. The number of aryl methyl sites for hydroxylation is 1. The zero-order valence-corrected chi connectivity index (χ0v) is 13.4. The molecule has 0 aliphatic carbocycles. The van der Waals surface area contributed by atoms with Crippen LogP contribution in [0.25, 0.3) is 11.0 Å². The molecule has 4 heteroatoms. The lowest BCUT2D eigenvalue weighted by Gasteiger charge is -2.05. The third kappa shape index (κ3) is 2.92. The Morgan fingerprint density at radius 2 is 1.90 bits per heavy atom. The number of hydrogen-bond acceptors (Lipinski definition) is 0. The number of para-hydroxylation sites is 2. The summed E-state index contributed by atoms with van der Waals surface area (Å²) in [6.45, 7) is 2.93. The van der Waals surface area contributed by atoms with Crippen LogP contribution in [0.3, 0.4) is 0 Å². The molecular formula is C17H17Cl2N2+. The maximum atomic E-state index is 6.32. The van der Waals surface area contributed by atoms with Gasteiger partial charge in [0.25, 0.3) is 5.82 Å². The van der Waals surface area contributed by atoms with Crippen LogP contribution in [0.15, 0.2) is 42.5 Å². The van der Waals surface area contributed by atoms with Crippen LogP contribution in [-0.2, 0) is 13.0 Å². The maximum absolute atomic E-state index is 6.32. The fraction of sp³-hybridized carbons (Fsp3) is 0.235. The Hall–Kier alpha value is -1.51. The average molecular weight is 320 g/mol.